The molecule has 17 heavy (non-hydrogen) atoms. The standard InChI is InChI=1S/C11H22N2O4/c1-2-8-6-15-11(16-8)5-13-4-9-7-14-10(3-12)17-9/h8-11,13H,2-7,12H2,1H3. The maximum absolute atomic E-state index is 5.64. The number of ether oxygens (including phenoxy) is 4. The van der Waals surface area contributed by atoms with E-state index < -0.39 is 0 Å². The largest absolute Gasteiger partial charge is 0.349 e. The van der Waals surface area contributed by atoms with E-state index in [-0.39, 0.29) is 24.8 Å². The first-order valence-corrected chi connectivity index (χ1v) is 6.26. The van der Waals surface area contributed by atoms with Crippen molar-refractivity contribution in [2.45, 2.75) is 38.1 Å². The van der Waals surface area contributed by atoms with Crippen LogP contribution in [0.4, 0.5) is 0 Å². The second kappa shape index (κ2) is 6.63. The monoisotopic (exact) mass is 246 g/mol. The first kappa shape index (κ1) is 13.2. The summed E-state index contributed by atoms with van der Waals surface area (Å²) in [5, 5.41) is 3.26. The van der Waals surface area contributed by atoms with Crippen molar-refractivity contribution in [1.82, 2.24) is 5.32 Å². The van der Waals surface area contributed by atoms with Crippen molar-refractivity contribution in [3.05, 3.63) is 0 Å². The predicted molar refractivity (Wildman–Crippen MR) is 61.4 cm³/mol. The molecule has 2 aliphatic rings. The fourth-order valence-corrected chi connectivity index (χ4v) is 1.93. The van der Waals surface area contributed by atoms with Gasteiger partial charge in [-0.05, 0) is 6.42 Å². The van der Waals surface area contributed by atoms with Gasteiger partial charge in [0.2, 0.25) is 0 Å². The van der Waals surface area contributed by atoms with Crippen LogP contribution < -0.4 is 11.1 Å². The average molecular weight is 246 g/mol. The minimum absolute atomic E-state index is 0.0759. The molecule has 3 N–H and O–H groups in total. The quantitative estimate of drug-likeness (QED) is 0.653. The third-order valence-electron chi connectivity index (χ3n) is 2.96. The number of rotatable bonds is 6. The summed E-state index contributed by atoms with van der Waals surface area (Å²) in [7, 11) is 0. The van der Waals surface area contributed by atoms with Crippen LogP contribution in [0.3, 0.4) is 0 Å². The third-order valence-corrected chi connectivity index (χ3v) is 2.96. The van der Waals surface area contributed by atoms with E-state index >= 15 is 0 Å². The van der Waals surface area contributed by atoms with E-state index in [0.29, 0.717) is 26.3 Å². The van der Waals surface area contributed by atoms with Gasteiger partial charge in [0.25, 0.3) is 0 Å². The second-order valence-corrected chi connectivity index (χ2v) is 4.34. The zero-order valence-electron chi connectivity index (χ0n) is 10.3. The van der Waals surface area contributed by atoms with Gasteiger partial charge in [-0.15, -0.1) is 0 Å². The van der Waals surface area contributed by atoms with Gasteiger partial charge in [-0.3, -0.25) is 0 Å². The molecular formula is C11H22N2O4. The van der Waals surface area contributed by atoms with E-state index in [0.717, 1.165) is 13.0 Å². The molecule has 2 heterocycles. The Balaban J connectivity index is 1.55. The van der Waals surface area contributed by atoms with Crippen molar-refractivity contribution in [2.24, 2.45) is 5.73 Å². The van der Waals surface area contributed by atoms with Crippen LogP contribution in [0, 0.1) is 0 Å². The van der Waals surface area contributed by atoms with E-state index in [1.54, 1.807) is 0 Å². The van der Waals surface area contributed by atoms with Crippen LogP contribution in [0.2, 0.25) is 0 Å². The molecule has 0 aliphatic carbocycles. The molecule has 6 heteroatoms. The van der Waals surface area contributed by atoms with Gasteiger partial charge in [0.1, 0.15) is 0 Å². The molecule has 100 valence electrons. The molecule has 4 atom stereocenters. The minimum Gasteiger partial charge on any atom is -0.349 e. The molecule has 0 aromatic heterocycles. The number of hydrogen-bond donors (Lipinski definition) is 2. The Morgan fingerprint density at radius 1 is 1.06 bits per heavy atom. The summed E-state index contributed by atoms with van der Waals surface area (Å²) in [5.74, 6) is 0. The maximum Gasteiger partial charge on any atom is 0.170 e. The Morgan fingerprint density at radius 3 is 2.41 bits per heavy atom. The molecule has 4 unspecified atom stereocenters. The highest BCUT2D eigenvalue weighted by Crippen LogP contribution is 2.13. The maximum atomic E-state index is 5.64. The lowest BCUT2D eigenvalue weighted by Gasteiger charge is -2.14. The molecule has 2 saturated heterocycles. The Morgan fingerprint density at radius 2 is 1.76 bits per heavy atom. The molecule has 0 amide bonds. The Kier molecular flexibility index (Phi) is 5.15. The van der Waals surface area contributed by atoms with E-state index in [1.807, 2.05) is 0 Å². The predicted octanol–water partition coefficient (Wildman–Crippen LogP) is -0.572. The molecule has 2 rings (SSSR count). The number of nitrogens with two attached hydrogens (primary N) is 1. The first-order valence-electron chi connectivity index (χ1n) is 6.26. The smallest absolute Gasteiger partial charge is 0.170 e. The van der Waals surface area contributed by atoms with Crippen LogP contribution in [0.1, 0.15) is 13.3 Å². The third kappa shape index (κ3) is 3.87. The summed E-state index contributed by atoms with van der Waals surface area (Å²) in [6, 6.07) is 0. The van der Waals surface area contributed by atoms with Crippen LogP contribution in [0.25, 0.3) is 0 Å². The Hall–Kier alpha value is -0.240. The van der Waals surface area contributed by atoms with Gasteiger partial charge in [-0.25, -0.2) is 0 Å². The molecule has 2 aliphatic heterocycles. The van der Waals surface area contributed by atoms with Crippen molar-refractivity contribution in [3.8, 4) is 0 Å². The topological polar surface area (TPSA) is 75.0 Å². The van der Waals surface area contributed by atoms with E-state index in [2.05, 4.69) is 12.2 Å². The summed E-state index contributed by atoms with van der Waals surface area (Å²) in [4.78, 5) is 0. The van der Waals surface area contributed by atoms with Gasteiger partial charge in [0.05, 0.1) is 25.4 Å². The SMILES string of the molecule is CCC1COC(CNCC2COC(CN)O2)O1. The van der Waals surface area contributed by atoms with E-state index in [9.17, 15) is 0 Å². The van der Waals surface area contributed by atoms with Crippen LogP contribution in [0.15, 0.2) is 0 Å². The number of hydrogen-bond acceptors (Lipinski definition) is 6. The molecule has 0 aromatic rings. The van der Waals surface area contributed by atoms with Crippen LogP contribution in [-0.2, 0) is 18.9 Å². The lowest BCUT2D eigenvalue weighted by atomic mass is 10.3. The van der Waals surface area contributed by atoms with Crippen molar-refractivity contribution in [1.29, 1.82) is 0 Å². The zero-order chi connectivity index (χ0) is 12.1. The average Bonchev–Trinajstić information content (AvgIpc) is 2.97. The minimum atomic E-state index is -0.245. The van der Waals surface area contributed by atoms with Crippen molar-refractivity contribution >= 4 is 0 Å². The number of nitrogens with one attached hydrogen (secondary N) is 1. The molecule has 0 bridgehead atoms. The van der Waals surface area contributed by atoms with Gasteiger partial charge in [0, 0.05) is 19.6 Å². The Bertz CT molecular complexity index is 208. The van der Waals surface area contributed by atoms with Gasteiger partial charge in [-0.1, -0.05) is 6.92 Å². The highest BCUT2D eigenvalue weighted by Gasteiger charge is 2.26. The molecule has 0 aromatic carbocycles. The molecular weight excluding hydrogens is 224 g/mol. The molecule has 0 radical (unpaired) electrons. The summed E-state index contributed by atoms with van der Waals surface area (Å²) >= 11 is 0. The van der Waals surface area contributed by atoms with E-state index in [4.69, 9.17) is 24.7 Å². The highest BCUT2D eigenvalue weighted by atomic mass is 16.7. The zero-order valence-corrected chi connectivity index (χ0v) is 10.3. The van der Waals surface area contributed by atoms with Crippen LogP contribution in [-0.4, -0.2) is 57.6 Å². The normalized spacial score (nSPS) is 37.8. The van der Waals surface area contributed by atoms with Crippen molar-refractivity contribution in [2.75, 3.05) is 32.8 Å². The lowest BCUT2D eigenvalue weighted by Crippen LogP contribution is -2.35. The van der Waals surface area contributed by atoms with Crippen LogP contribution >= 0.6 is 0 Å². The fraction of sp³-hybridized carbons (Fsp3) is 1.00. The molecule has 0 saturated carbocycles. The summed E-state index contributed by atoms with van der Waals surface area (Å²) in [5.41, 5.74) is 5.44. The molecule has 6 nitrogen and oxygen atoms in total. The van der Waals surface area contributed by atoms with Gasteiger partial charge in [-0.2, -0.15) is 0 Å². The molecule has 2 fully saturated rings. The van der Waals surface area contributed by atoms with Crippen molar-refractivity contribution < 1.29 is 18.9 Å². The van der Waals surface area contributed by atoms with Crippen molar-refractivity contribution in [3.63, 3.8) is 0 Å². The van der Waals surface area contributed by atoms with E-state index in [1.165, 1.54) is 0 Å². The fourth-order valence-electron chi connectivity index (χ4n) is 1.93. The van der Waals surface area contributed by atoms with Gasteiger partial charge >= 0.3 is 0 Å². The van der Waals surface area contributed by atoms with Gasteiger partial charge < -0.3 is 30.0 Å². The molecule has 0 spiro atoms. The van der Waals surface area contributed by atoms with Crippen LogP contribution in [0.5, 0.6) is 0 Å². The summed E-state index contributed by atoms with van der Waals surface area (Å²) < 4.78 is 22.0. The Labute approximate surface area is 102 Å². The second-order valence-electron chi connectivity index (χ2n) is 4.34. The summed E-state index contributed by atoms with van der Waals surface area (Å²) in [6.07, 6.45) is 0.938. The summed E-state index contributed by atoms with van der Waals surface area (Å²) in [6.45, 7) is 5.21. The first-order chi connectivity index (χ1) is 8.31. The highest BCUT2D eigenvalue weighted by molar-refractivity contribution is 4.70. The van der Waals surface area contributed by atoms with Gasteiger partial charge in [0.15, 0.2) is 12.6 Å². The lowest BCUT2D eigenvalue weighted by molar-refractivity contribution is -0.0608.